The summed E-state index contributed by atoms with van der Waals surface area (Å²) in [6.07, 6.45) is 9.73. The van der Waals surface area contributed by atoms with Crippen LogP contribution in [0.4, 0.5) is 0 Å². The van der Waals surface area contributed by atoms with E-state index in [9.17, 15) is 10.1 Å². The van der Waals surface area contributed by atoms with Crippen molar-refractivity contribution in [1.29, 1.82) is 5.26 Å². The van der Waals surface area contributed by atoms with Gasteiger partial charge >= 0.3 is 0 Å². The Hall–Kier alpha value is -1.40. The number of nitrogens with one attached hydrogen (secondary N) is 1. The Labute approximate surface area is 140 Å². The lowest BCUT2D eigenvalue weighted by Crippen LogP contribution is -2.42. The second kappa shape index (κ2) is 8.45. The predicted octanol–water partition coefficient (Wildman–Crippen LogP) is 4.17. The van der Waals surface area contributed by atoms with Crippen molar-refractivity contribution in [2.45, 2.75) is 59.3 Å². The van der Waals surface area contributed by atoms with Crippen LogP contribution in [0.1, 0.15) is 59.3 Å². The molecule has 23 heavy (non-hydrogen) atoms. The minimum absolute atomic E-state index is 0.130. The number of carbonyl (C=O) groups excluding carboxylic acids is 1. The van der Waals surface area contributed by atoms with Crippen LogP contribution in [0.3, 0.4) is 0 Å². The number of piperidine rings is 1. The molecule has 0 bridgehead atoms. The Kier molecular flexibility index (Phi) is 6.59. The molecule has 0 aromatic rings. The first kappa shape index (κ1) is 17.9. The van der Waals surface area contributed by atoms with Crippen LogP contribution in [-0.4, -0.2) is 18.9 Å². The minimum Gasteiger partial charge on any atom is -0.316 e. The molecule has 126 valence electrons. The standard InChI is InChI=1S/C20H30N2O/c1-14(2)19(11-17(12-21)15(3)23)18-9-10-22-13-20(18)16-7-5-4-6-8-16/h11,16,18,20,22H,4-10,13H2,1-3H3/b17-11-. The molecule has 0 aromatic carbocycles. The van der Waals surface area contributed by atoms with E-state index in [1.54, 1.807) is 0 Å². The summed E-state index contributed by atoms with van der Waals surface area (Å²) in [6, 6.07) is 2.08. The number of hydrogen-bond acceptors (Lipinski definition) is 3. The summed E-state index contributed by atoms with van der Waals surface area (Å²) in [4.78, 5) is 11.7. The van der Waals surface area contributed by atoms with Gasteiger partial charge in [-0.2, -0.15) is 5.26 Å². The highest BCUT2D eigenvalue weighted by Crippen LogP contribution is 2.40. The van der Waals surface area contributed by atoms with E-state index in [-0.39, 0.29) is 5.78 Å². The fourth-order valence-electron chi connectivity index (χ4n) is 4.32. The first-order valence-electron chi connectivity index (χ1n) is 9.05. The number of carbonyl (C=O) groups is 1. The van der Waals surface area contributed by atoms with Crippen LogP contribution in [0.15, 0.2) is 22.8 Å². The Morgan fingerprint density at radius 1 is 1.13 bits per heavy atom. The number of ketones is 1. The molecule has 2 fully saturated rings. The number of rotatable bonds is 4. The van der Waals surface area contributed by atoms with Gasteiger partial charge in [-0.25, -0.2) is 0 Å². The number of Topliss-reactive ketones (excluding diaryl/α,β-unsaturated/α-hetero) is 1. The summed E-state index contributed by atoms with van der Waals surface area (Å²) in [6.45, 7) is 7.81. The molecule has 3 nitrogen and oxygen atoms in total. The molecule has 1 saturated heterocycles. The van der Waals surface area contributed by atoms with Crippen LogP contribution >= 0.6 is 0 Å². The molecule has 2 aliphatic rings. The number of hydrogen-bond donors (Lipinski definition) is 1. The van der Waals surface area contributed by atoms with Gasteiger partial charge in [-0.15, -0.1) is 0 Å². The lowest BCUT2D eigenvalue weighted by atomic mass is 9.68. The maximum absolute atomic E-state index is 11.7. The topological polar surface area (TPSA) is 52.9 Å². The van der Waals surface area contributed by atoms with Gasteiger partial charge in [0.05, 0.1) is 5.57 Å². The maximum atomic E-state index is 11.7. The molecule has 0 spiro atoms. The van der Waals surface area contributed by atoms with Crippen LogP contribution in [0, 0.1) is 29.1 Å². The van der Waals surface area contributed by atoms with Crippen molar-refractivity contribution in [2.75, 3.05) is 13.1 Å². The molecule has 0 amide bonds. The smallest absolute Gasteiger partial charge is 0.170 e. The van der Waals surface area contributed by atoms with E-state index >= 15 is 0 Å². The molecule has 0 aromatic heterocycles. The molecular weight excluding hydrogens is 284 g/mol. The largest absolute Gasteiger partial charge is 0.316 e. The van der Waals surface area contributed by atoms with Crippen molar-refractivity contribution in [3.63, 3.8) is 0 Å². The van der Waals surface area contributed by atoms with Gasteiger partial charge < -0.3 is 5.32 Å². The van der Waals surface area contributed by atoms with Crippen molar-refractivity contribution in [3.05, 3.63) is 22.8 Å². The van der Waals surface area contributed by atoms with Crippen LogP contribution in [0.25, 0.3) is 0 Å². The molecule has 1 aliphatic carbocycles. The molecule has 2 rings (SSSR count). The molecule has 2 unspecified atom stereocenters. The normalized spacial score (nSPS) is 26.4. The van der Waals surface area contributed by atoms with Crippen molar-refractivity contribution < 1.29 is 4.79 Å². The highest BCUT2D eigenvalue weighted by atomic mass is 16.1. The number of nitriles is 1. The van der Waals surface area contributed by atoms with Crippen molar-refractivity contribution in [2.24, 2.45) is 17.8 Å². The number of allylic oxidation sites excluding steroid dienone is 4. The van der Waals surface area contributed by atoms with E-state index < -0.39 is 0 Å². The first-order valence-corrected chi connectivity index (χ1v) is 9.05. The first-order chi connectivity index (χ1) is 11.0. The van der Waals surface area contributed by atoms with E-state index in [1.807, 2.05) is 6.08 Å². The zero-order chi connectivity index (χ0) is 16.8. The SMILES string of the molecule is CC(=O)/C(C#N)=C\C(=C(C)C)C1CCNCC1C1CCCCC1. The quantitative estimate of drug-likeness (QED) is 0.481. The van der Waals surface area contributed by atoms with Crippen LogP contribution in [-0.2, 0) is 4.79 Å². The van der Waals surface area contributed by atoms with E-state index in [0.717, 1.165) is 25.4 Å². The monoisotopic (exact) mass is 314 g/mol. The van der Waals surface area contributed by atoms with Gasteiger partial charge in [-0.3, -0.25) is 4.79 Å². The zero-order valence-electron chi connectivity index (χ0n) is 14.8. The fraction of sp³-hybridized carbons (Fsp3) is 0.700. The van der Waals surface area contributed by atoms with Crippen molar-refractivity contribution in [1.82, 2.24) is 5.32 Å². The van der Waals surface area contributed by atoms with Gasteiger partial charge in [0.2, 0.25) is 0 Å². The molecular formula is C20H30N2O. The molecule has 0 radical (unpaired) electrons. The van der Waals surface area contributed by atoms with Gasteiger partial charge in [-0.1, -0.05) is 37.7 Å². The zero-order valence-corrected chi connectivity index (χ0v) is 14.8. The predicted molar refractivity (Wildman–Crippen MR) is 93.8 cm³/mol. The Balaban J connectivity index is 2.30. The summed E-state index contributed by atoms with van der Waals surface area (Å²) in [5.41, 5.74) is 2.77. The van der Waals surface area contributed by atoms with E-state index in [0.29, 0.717) is 17.4 Å². The molecule has 1 heterocycles. The third-order valence-electron chi connectivity index (χ3n) is 5.56. The summed E-state index contributed by atoms with van der Waals surface area (Å²) in [7, 11) is 0. The summed E-state index contributed by atoms with van der Waals surface area (Å²) < 4.78 is 0. The number of nitrogens with zero attached hydrogens (tertiary/aromatic N) is 1. The third-order valence-corrected chi connectivity index (χ3v) is 5.56. The minimum atomic E-state index is -0.130. The van der Waals surface area contributed by atoms with E-state index in [4.69, 9.17) is 0 Å². The maximum Gasteiger partial charge on any atom is 0.170 e. The van der Waals surface area contributed by atoms with Gasteiger partial charge in [-0.05, 0) is 69.7 Å². The average molecular weight is 314 g/mol. The summed E-state index contributed by atoms with van der Waals surface area (Å²) in [5.74, 6) is 1.77. The summed E-state index contributed by atoms with van der Waals surface area (Å²) >= 11 is 0. The lowest BCUT2D eigenvalue weighted by Gasteiger charge is -2.40. The van der Waals surface area contributed by atoms with Gasteiger partial charge in [0.1, 0.15) is 6.07 Å². The van der Waals surface area contributed by atoms with Gasteiger partial charge in [0.15, 0.2) is 5.78 Å². The van der Waals surface area contributed by atoms with E-state index in [1.165, 1.54) is 50.2 Å². The second-order valence-electron chi connectivity index (χ2n) is 7.34. The van der Waals surface area contributed by atoms with Crippen molar-refractivity contribution >= 4 is 5.78 Å². The highest BCUT2D eigenvalue weighted by molar-refractivity contribution is 5.97. The third kappa shape index (κ3) is 4.54. The van der Waals surface area contributed by atoms with Gasteiger partial charge in [0, 0.05) is 0 Å². The van der Waals surface area contributed by atoms with Crippen LogP contribution < -0.4 is 5.32 Å². The van der Waals surface area contributed by atoms with Crippen LogP contribution in [0.2, 0.25) is 0 Å². The second-order valence-corrected chi connectivity index (χ2v) is 7.34. The van der Waals surface area contributed by atoms with E-state index in [2.05, 4.69) is 25.2 Å². The molecule has 2 atom stereocenters. The summed E-state index contributed by atoms with van der Waals surface area (Å²) in [5, 5.41) is 12.8. The Bertz CT molecular complexity index is 528. The molecule has 1 saturated carbocycles. The Morgan fingerprint density at radius 2 is 1.83 bits per heavy atom. The van der Waals surface area contributed by atoms with Crippen molar-refractivity contribution in [3.8, 4) is 6.07 Å². The molecule has 3 heteroatoms. The van der Waals surface area contributed by atoms with Crippen LogP contribution in [0.5, 0.6) is 0 Å². The molecule has 1 aliphatic heterocycles. The Morgan fingerprint density at radius 3 is 2.39 bits per heavy atom. The lowest BCUT2D eigenvalue weighted by molar-refractivity contribution is -0.113. The average Bonchev–Trinajstić information content (AvgIpc) is 2.56. The fourth-order valence-corrected chi connectivity index (χ4v) is 4.32. The highest BCUT2D eigenvalue weighted by Gasteiger charge is 2.34. The molecule has 1 N–H and O–H groups in total. The van der Waals surface area contributed by atoms with Gasteiger partial charge in [0.25, 0.3) is 0 Å².